The van der Waals surface area contributed by atoms with E-state index in [2.05, 4.69) is 34.3 Å². The predicted molar refractivity (Wildman–Crippen MR) is 110 cm³/mol. The Hall–Kier alpha value is -2.99. The van der Waals surface area contributed by atoms with Crippen LogP contribution in [0.2, 0.25) is 0 Å². The molecule has 0 fully saturated rings. The summed E-state index contributed by atoms with van der Waals surface area (Å²) in [6.07, 6.45) is 1.39. The first kappa shape index (κ1) is 20.7. The van der Waals surface area contributed by atoms with E-state index in [9.17, 15) is 9.18 Å². The average Bonchev–Trinajstić information content (AvgIpc) is 3.13. The first-order chi connectivity index (χ1) is 13.9. The molecule has 1 N–H and O–H groups in total. The number of aromatic nitrogens is 1. The highest BCUT2D eigenvalue weighted by Crippen LogP contribution is 2.17. The molecule has 6 heteroatoms. The summed E-state index contributed by atoms with van der Waals surface area (Å²) in [5.74, 6) is -0.0405. The number of nitrogens with one attached hydrogen (secondary N) is 1. The lowest BCUT2D eigenvalue weighted by Crippen LogP contribution is -2.30. The van der Waals surface area contributed by atoms with Crippen molar-refractivity contribution in [2.45, 2.75) is 46.4 Å². The standard InChI is InChI=1S/C23H26FN3O2/c1-16(2)25-23(28)21-15-29-22(26-21)14-27(12-18-8-10-20(24)11-9-18)13-19-7-5-4-6-17(19)3/h4-11,15-16H,12-14H2,1-3H3,(H,25,28). The maximum atomic E-state index is 13.3. The molecule has 152 valence electrons. The quantitative estimate of drug-likeness (QED) is 0.612. The maximum Gasteiger partial charge on any atom is 0.273 e. The van der Waals surface area contributed by atoms with Gasteiger partial charge in [0, 0.05) is 19.1 Å². The van der Waals surface area contributed by atoms with Gasteiger partial charge >= 0.3 is 0 Å². The molecule has 0 saturated carbocycles. The zero-order valence-electron chi connectivity index (χ0n) is 17.0. The fourth-order valence-corrected chi connectivity index (χ4v) is 3.06. The lowest BCUT2D eigenvalue weighted by molar-refractivity contribution is 0.0938. The molecule has 1 amide bonds. The molecule has 0 spiro atoms. The maximum absolute atomic E-state index is 13.3. The summed E-state index contributed by atoms with van der Waals surface area (Å²) in [7, 11) is 0. The highest BCUT2D eigenvalue weighted by molar-refractivity contribution is 5.92. The van der Waals surface area contributed by atoms with Gasteiger partial charge in [0.15, 0.2) is 5.69 Å². The number of oxazole rings is 1. The van der Waals surface area contributed by atoms with Crippen molar-refractivity contribution in [1.29, 1.82) is 0 Å². The summed E-state index contributed by atoms with van der Waals surface area (Å²) in [6, 6.07) is 14.7. The zero-order valence-corrected chi connectivity index (χ0v) is 17.0. The van der Waals surface area contributed by atoms with Crippen molar-refractivity contribution in [2.75, 3.05) is 0 Å². The van der Waals surface area contributed by atoms with Gasteiger partial charge in [-0.1, -0.05) is 36.4 Å². The van der Waals surface area contributed by atoms with Crippen LogP contribution in [0.4, 0.5) is 4.39 Å². The number of hydrogen-bond acceptors (Lipinski definition) is 4. The molecule has 3 rings (SSSR count). The number of carbonyl (C=O) groups excluding carboxylic acids is 1. The Morgan fingerprint density at radius 3 is 2.52 bits per heavy atom. The molecule has 1 aromatic heterocycles. The van der Waals surface area contributed by atoms with Crippen LogP contribution in [0.3, 0.4) is 0 Å². The van der Waals surface area contributed by atoms with Gasteiger partial charge in [0.25, 0.3) is 5.91 Å². The van der Waals surface area contributed by atoms with Crippen LogP contribution in [0, 0.1) is 12.7 Å². The van der Waals surface area contributed by atoms with Gasteiger partial charge in [0.05, 0.1) is 6.54 Å². The van der Waals surface area contributed by atoms with E-state index in [0.717, 1.165) is 5.56 Å². The summed E-state index contributed by atoms with van der Waals surface area (Å²) in [5.41, 5.74) is 3.65. The molecule has 0 aliphatic rings. The number of hydrogen-bond donors (Lipinski definition) is 1. The molecule has 0 aliphatic heterocycles. The highest BCUT2D eigenvalue weighted by atomic mass is 19.1. The Kier molecular flexibility index (Phi) is 6.77. The van der Waals surface area contributed by atoms with E-state index in [4.69, 9.17) is 4.42 Å². The summed E-state index contributed by atoms with van der Waals surface area (Å²) >= 11 is 0. The molecule has 0 atom stereocenters. The van der Waals surface area contributed by atoms with Crippen LogP contribution in [0.25, 0.3) is 0 Å². The van der Waals surface area contributed by atoms with Gasteiger partial charge in [-0.2, -0.15) is 0 Å². The van der Waals surface area contributed by atoms with E-state index in [1.54, 1.807) is 12.1 Å². The third-order valence-electron chi connectivity index (χ3n) is 4.54. The van der Waals surface area contributed by atoms with Crippen LogP contribution in [0.5, 0.6) is 0 Å². The van der Waals surface area contributed by atoms with Gasteiger partial charge in [-0.25, -0.2) is 9.37 Å². The molecule has 0 aliphatic carbocycles. The monoisotopic (exact) mass is 395 g/mol. The predicted octanol–water partition coefficient (Wildman–Crippen LogP) is 4.46. The normalized spacial score (nSPS) is 11.2. The third-order valence-corrected chi connectivity index (χ3v) is 4.54. The third kappa shape index (κ3) is 5.99. The lowest BCUT2D eigenvalue weighted by Gasteiger charge is -2.22. The van der Waals surface area contributed by atoms with Crippen molar-refractivity contribution in [3.8, 4) is 0 Å². The smallest absolute Gasteiger partial charge is 0.273 e. The number of aryl methyl sites for hydroxylation is 1. The minimum Gasteiger partial charge on any atom is -0.447 e. The Balaban J connectivity index is 1.77. The first-order valence-corrected chi connectivity index (χ1v) is 9.67. The van der Waals surface area contributed by atoms with Crippen LogP contribution in [0.1, 0.15) is 46.9 Å². The van der Waals surface area contributed by atoms with Gasteiger partial charge in [0.2, 0.25) is 5.89 Å². The number of rotatable bonds is 8. The van der Waals surface area contributed by atoms with Gasteiger partial charge < -0.3 is 9.73 Å². The zero-order chi connectivity index (χ0) is 20.8. The number of carbonyl (C=O) groups is 1. The molecular formula is C23H26FN3O2. The topological polar surface area (TPSA) is 58.4 Å². The number of amides is 1. The second-order valence-corrected chi connectivity index (χ2v) is 7.45. The Bertz CT molecular complexity index is 951. The number of halogens is 1. The molecular weight excluding hydrogens is 369 g/mol. The summed E-state index contributed by atoms with van der Waals surface area (Å²) < 4.78 is 18.8. The highest BCUT2D eigenvalue weighted by Gasteiger charge is 2.16. The van der Waals surface area contributed by atoms with E-state index < -0.39 is 0 Å². The molecule has 0 bridgehead atoms. The molecule has 3 aromatic rings. The summed E-state index contributed by atoms with van der Waals surface area (Å²) in [4.78, 5) is 18.6. The SMILES string of the molecule is Cc1ccccc1CN(Cc1ccc(F)cc1)Cc1nc(C(=O)NC(C)C)co1. The second kappa shape index (κ2) is 9.47. The first-order valence-electron chi connectivity index (χ1n) is 9.67. The largest absolute Gasteiger partial charge is 0.447 e. The lowest BCUT2D eigenvalue weighted by atomic mass is 10.1. The molecule has 5 nitrogen and oxygen atoms in total. The Labute approximate surface area is 170 Å². The van der Waals surface area contributed by atoms with Gasteiger partial charge in [0.1, 0.15) is 12.1 Å². The van der Waals surface area contributed by atoms with E-state index in [1.807, 2.05) is 26.0 Å². The molecule has 1 heterocycles. The van der Waals surface area contributed by atoms with Crippen LogP contribution < -0.4 is 5.32 Å². The van der Waals surface area contributed by atoms with Crippen molar-refractivity contribution in [3.63, 3.8) is 0 Å². The van der Waals surface area contributed by atoms with Crippen molar-refractivity contribution < 1.29 is 13.6 Å². The molecule has 29 heavy (non-hydrogen) atoms. The summed E-state index contributed by atoms with van der Waals surface area (Å²) in [5, 5.41) is 2.81. The van der Waals surface area contributed by atoms with Crippen LogP contribution >= 0.6 is 0 Å². The van der Waals surface area contributed by atoms with Crippen molar-refractivity contribution in [2.24, 2.45) is 0 Å². The number of nitrogens with zero attached hydrogens (tertiary/aromatic N) is 2. The minimum absolute atomic E-state index is 0.0266. The Morgan fingerprint density at radius 1 is 1.10 bits per heavy atom. The van der Waals surface area contributed by atoms with Crippen LogP contribution in [-0.4, -0.2) is 21.8 Å². The molecule has 0 unspecified atom stereocenters. The van der Waals surface area contributed by atoms with Crippen LogP contribution in [-0.2, 0) is 19.6 Å². The molecule has 0 radical (unpaired) electrons. The van der Waals surface area contributed by atoms with Crippen molar-refractivity contribution in [1.82, 2.24) is 15.2 Å². The van der Waals surface area contributed by atoms with Gasteiger partial charge in [-0.05, 0) is 49.6 Å². The van der Waals surface area contributed by atoms with Crippen LogP contribution in [0.15, 0.2) is 59.2 Å². The van der Waals surface area contributed by atoms with E-state index in [1.165, 1.54) is 29.5 Å². The average molecular weight is 395 g/mol. The summed E-state index contributed by atoms with van der Waals surface area (Å²) in [6.45, 7) is 7.58. The van der Waals surface area contributed by atoms with E-state index in [-0.39, 0.29) is 23.5 Å². The minimum atomic E-state index is -0.257. The van der Waals surface area contributed by atoms with Crippen molar-refractivity contribution in [3.05, 3.63) is 88.9 Å². The fourth-order valence-electron chi connectivity index (χ4n) is 3.06. The van der Waals surface area contributed by atoms with E-state index in [0.29, 0.717) is 25.5 Å². The van der Waals surface area contributed by atoms with Gasteiger partial charge in [-0.15, -0.1) is 0 Å². The van der Waals surface area contributed by atoms with Gasteiger partial charge in [-0.3, -0.25) is 9.69 Å². The van der Waals surface area contributed by atoms with Crippen molar-refractivity contribution >= 4 is 5.91 Å². The van der Waals surface area contributed by atoms with E-state index >= 15 is 0 Å². The number of benzene rings is 2. The Morgan fingerprint density at radius 2 is 1.83 bits per heavy atom. The molecule has 0 saturated heterocycles. The molecule has 2 aromatic carbocycles. The second-order valence-electron chi connectivity index (χ2n) is 7.45. The fraction of sp³-hybridized carbons (Fsp3) is 0.304.